The quantitative estimate of drug-likeness (QED) is 0.161. The zero-order valence-corrected chi connectivity index (χ0v) is 31.1. The van der Waals surface area contributed by atoms with Crippen molar-refractivity contribution in [2.75, 3.05) is 4.90 Å². The summed E-state index contributed by atoms with van der Waals surface area (Å²) in [6.07, 6.45) is 6.64. The van der Waals surface area contributed by atoms with Crippen LogP contribution in [-0.2, 0) is 5.41 Å². The zero-order valence-electron chi connectivity index (χ0n) is 31.1. The van der Waals surface area contributed by atoms with Crippen LogP contribution in [0.4, 0.5) is 17.1 Å². The molecule has 1 nitrogen and oxygen atoms in total. The molecule has 0 unspecified atom stereocenters. The summed E-state index contributed by atoms with van der Waals surface area (Å²) >= 11 is 0. The van der Waals surface area contributed by atoms with Crippen molar-refractivity contribution in [1.29, 1.82) is 0 Å². The van der Waals surface area contributed by atoms with Crippen LogP contribution >= 0.6 is 0 Å². The molecule has 7 aromatic carbocycles. The number of rotatable bonds is 7. The Kier molecular flexibility index (Phi) is 8.59. The highest BCUT2D eigenvalue weighted by Gasteiger charge is 2.37. The van der Waals surface area contributed by atoms with Crippen LogP contribution in [0, 0.1) is 6.92 Å². The maximum atomic E-state index is 2.51. The van der Waals surface area contributed by atoms with Gasteiger partial charge in [-0.2, -0.15) is 0 Å². The zero-order chi connectivity index (χ0) is 35.9. The summed E-state index contributed by atoms with van der Waals surface area (Å²) in [6, 6.07) is 61.1. The van der Waals surface area contributed by atoms with Crippen LogP contribution in [0.2, 0.25) is 0 Å². The predicted octanol–water partition coefficient (Wildman–Crippen LogP) is 14.8. The highest BCUT2D eigenvalue weighted by molar-refractivity contribution is 5.97. The molecule has 0 radical (unpaired) electrons. The van der Waals surface area contributed by atoms with Crippen molar-refractivity contribution < 1.29 is 0 Å². The van der Waals surface area contributed by atoms with E-state index in [1.807, 2.05) is 0 Å². The summed E-state index contributed by atoms with van der Waals surface area (Å²) in [5.74, 6) is 0.664. The molecule has 0 N–H and O–H groups in total. The largest absolute Gasteiger partial charge is 0.310 e. The second-order valence-corrected chi connectivity index (χ2v) is 15.6. The van der Waals surface area contributed by atoms with E-state index >= 15 is 0 Å². The van der Waals surface area contributed by atoms with E-state index in [9.17, 15) is 0 Å². The molecular weight excluding hydrogens is 639 g/mol. The Balaban J connectivity index is 1.23. The molecule has 260 valence electrons. The molecule has 0 aliphatic heterocycles. The second kappa shape index (κ2) is 13.7. The summed E-state index contributed by atoms with van der Waals surface area (Å²) in [5, 5.41) is 0. The van der Waals surface area contributed by atoms with Gasteiger partial charge in [-0.15, -0.1) is 0 Å². The SMILES string of the molecule is Cc1cccc2c1-c1ccc(N(c3ccc(C4CCCCC4)cc3)c3ccccc3-c3ccccc3-c3ccccc3-c3ccccc3)cc1C2(C)C. The summed E-state index contributed by atoms with van der Waals surface area (Å²) in [4.78, 5) is 2.51. The summed E-state index contributed by atoms with van der Waals surface area (Å²) < 4.78 is 0. The van der Waals surface area contributed by atoms with Crippen molar-refractivity contribution in [3.63, 3.8) is 0 Å². The number of hydrogen-bond donors (Lipinski definition) is 0. The maximum Gasteiger partial charge on any atom is 0.0540 e. The lowest BCUT2D eigenvalue weighted by molar-refractivity contribution is 0.443. The molecule has 9 rings (SSSR count). The fourth-order valence-corrected chi connectivity index (χ4v) is 9.29. The van der Waals surface area contributed by atoms with Gasteiger partial charge < -0.3 is 4.90 Å². The molecule has 1 heteroatoms. The fourth-order valence-electron chi connectivity index (χ4n) is 9.29. The van der Waals surface area contributed by atoms with Crippen LogP contribution in [0.1, 0.15) is 74.1 Å². The van der Waals surface area contributed by atoms with Gasteiger partial charge in [-0.25, -0.2) is 0 Å². The highest BCUT2D eigenvalue weighted by Crippen LogP contribution is 2.53. The van der Waals surface area contributed by atoms with Crippen molar-refractivity contribution >= 4 is 17.1 Å². The Morgan fingerprint density at radius 2 is 1.06 bits per heavy atom. The minimum absolute atomic E-state index is 0.101. The predicted molar refractivity (Wildman–Crippen MR) is 226 cm³/mol. The maximum absolute atomic E-state index is 2.51. The highest BCUT2D eigenvalue weighted by atomic mass is 15.1. The van der Waals surface area contributed by atoms with E-state index in [2.05, 4.69) is 189 Å². The van der Waals surface area contributed by atoms with Crippen molar-refractivity contribution in [2.24, 2.45) is 0 Å². The molecule has 1 saturated carbocycles. The van der Waals surface area contributed by atoms with Gasteiger partial charge in [0.1, 0.15) is 0 Å². The Morgan fingerprint density at radius 1 is 0.472 bits per heavy atom. The van der Waals surface area contributed by atoms with Crippen molar-refractivity contribution in [3.8, 4) is 44.5 Å². The number of benzene rings is 7. The molecule has 2 aliphatic carbocycles. The number of nitrogens with zero attached hydrogens (tertiary/aromatic N) is 1. The Bertz CT molecular complexity index is 2410. The fraction of sp³-hybridized carbons (Fsp3) is 0.192. The molecular formula is C52H47N. The number of para-hydroxylation sites is 1. The molecule has 53 heavy (non-hydrogen) atoms. The van der Waals surface area contributed by atoms with Crippen LogP contribution in [0.3, 0.4) is 0 Å². The van der Waals surface area contributed by atoms with Gasteiger partial charge in [-0.05, 0) is 117 Å². The minimum Gasteiger partial charge on any atom is -0.310 e. The minimum atomic E-state index is -0.101. The molecule has 0 spiro atoms. The number of anilines is 3. The van der Waals surface area contributed by atoms with Crippen LogP contribution in [0.5, 0.6) is 0 Å². The molecule has 0 heterocycles. The van der Waals surface area contributed by atoms with Gasteiger partial charge in [0.2, 0.25) is 0 Å². The smallest absolute Gasteiger partial charge is 0.0540 e. The normalized spacial score (nSPS) is 14.8. The first-order valence-corrected chi connectivity index (χ1v) is 19.5. The van der Waals surface area contributed by atoms with E-state index in [4.69, 9.17) is 0 Å². The number of hydrogen-bond acceptors (Lipinski definition) is 1. The molecule has 0 atom stereocenters. The Hall–Kier alpha value is -5.66. The number of fused-ring (bicyclic) bond motifs is 3. The van der Waals surface area contributed by atoms with Gasteiger partial charge in [-0.1, -0.05) is 167 Å². The van der Waals surface area contributed by atoms with Crippen LogP contribution in [0.15, 0.2) is 164 Å². The van der Waals surface area contributed by atoms with E-state index in [1.54, 1.807) is 0 Å². The van der Waals surface area contributed by atoms with Crippen LogP contribution < -0.4 is 4.90 Å². The number of aryl methyl sites for hydroxylation is 1. The van der Waals surface area contributed by atoms with Crippen molar-refractivity contribution in [3.05, 3.63) is 186 Å². The van der Waals surface area contributed by atoms with Crippen LogP contribution in [0.25, 0.3) is 44.5 Å². The van der Waals surface area contributed by atoms with E-state index in [-0.39, 0.29) is 5.41 Å². The Morgan fingerprint density at radius 3 is 1.77 bits per heavy atom. The average Bonchev–Trinajstić information content (AvgIpc) is 3.45. The molecule has 1 fully saturated rings. The summed E-state index contributed by atoms with van der Waals surface area (Å²) in [7, 11) is 0. The lowest BCUT2D eigenvalue weighted by Crippen LogP contribution is -2.17. The Labute approximate surface area is 315 Å². The van der Waals surface area contributed by atoms with Crippen molar-refractivity contribution in [1.82, 2.24) is 0 Å². The second-order valence-electron chi connectivity index (χ2n) is 15.6. The molecule has 2 aliphatic rings. The first-order valence-electron chi connectivity index (χ1n) is 19.5. The lowest BCUT2D eigenvalue weighted by atomic mass is 9.82. The van der Waals surface area contributed by atoms with E-state index < -0.39 is 0 Å². The monoisotopic (exact) mass is 685 g/mol. The summed E-state index contributed by atoms with van der Waals surface area (Å²) in [6.45, 7) is 7.03. The first-order chi connectivity index (χ1) is 26.0. The average molecular weight is 686 g/mol. The van der Waals surface area contributed by atoms with E-state index in [0.29, 0.717) is 5.92 Å². The van der Waals surface area contributed by atoms with Gasteiger partial charge in [0.25, 0.3) is 0 Å². The topological polar surface area (TPSA) is 3.24 Å². The third-order valence-corrected chi connectivity index (χ3v) is 12.0. The van der Waals surface area contributed by atoms with Gasteiger partial charge in [0, 0.05) is 22.4 Å². The molecule has 0 amide bonds. The molecule has 0 bridgehead atoms. The first kappa shape index (κ1) is 33.2. The molecule has 0 saturated heterocycles. The van der Waals surface area contributed by atoms with E-state index in [1.165, 1.54) is 116 Å². The van der Waals surface area contributed by atoms with Gasteiger partial charge >= 0.3 is 0 Å². The van der Waals surface area contributed by atoms with Crippen LogP contribution in [-0.4, -0.2) is 0 Å². The standard InChI is InChI=1S/C52H47N/c1-36-17-16-27-48-51(36)47-34-33-41(35-49(47)52(48,2)3)53(40-31-29-38(30-32-40)37-18-6-4-7-19-37)50-28-15-14-26-46(50)45-25-13-12-24-44(45)43-23-11-10-22-42(43)39-20-8-5-9-21-39/h5,8-17,20-35,37H,4,6-7,18-19H2,1-3H3. The molecule has 0 aromatic heterocycles. The third kappa shape index (κ3) is 5.89. The summed E-state index contributed by atoms with van der Waals surface area (Å²) in [5.41, 5.74) is 19.2. The molecule has 7 aromatic rings. The van der Waals surface area contributed by atoms with Gasteiger partial charge in [0.15, 0.2) is 0 Å². The van der Waals surface area contributed by atoms with Crippen molar-refractivity contribution in [2.45, 2.75) is 64.2 Å². The lowest BCUT2D eigenvalue weighted by Gasteiger charge is -2.31. The van der Waals surface area contributed by atoms with E-state index in [0.717, 1.165) is 0 Å². The van der Waals surface area contributed by atoms with Gasteiger partial charge in [-0.3, -0.25) is 0 Å². The third-order valence-electron chi connectivity index (χ3n) is 12.0. The van der Waals surface area contributed by atoms with Gasteiger partial charge in [0.05, 0.1) is 5.69 Å².